The molecule has 1 aromatic rings. The molecule has 0 amide bonds. The maximum absolute atomic E-state index is 9.62. The lowest BCUT2D eigenvalue weighted by atomic mass is 9.93. The first-order chi connectivity index (χ1) is 8.36. The van der Waals surface area contributed by atoms with Crippen LogP contribution < -0.4 is 0 Å². The summed E-state index contributed by atoms with van der Waals surface area (Å²) in [6.07, 6.45) is 4.47. The van der Waals surface area contributed by atoms with Crippen molar-refractivity contribution in [1.29, 1.82) is 0 Å². The molecule has 0 aliphatic carbocycles. The second-order valence-corrected chi connectivity index (χ2v) is 5.52. The van der Waals surface area contributed by atoms with Crippen LogP contribution in [0.3, 0.4) is 0 Å². The van der Waals surface area contributed by atoms with Crippen molar-refractivity contribution < 1.29 is 5.11 Å². The number of aliphatic hydroxyl groups excluding tert-OH is 1. The van der Waals surface area contributed by atoms with Crippen LogP contribution in [0.1, 0.15) is 23.6 Å². The van der Waals surface area contributed by atoms with Crippen molar-refractivity contribution in [2.75, 3.05) is 31.7 Å². The van der Waals surface area contributed by atoms with Crippen LogP contribution >= 0.6 is 11.8 Å². The molecule has 1 aliphatic rings. The zero-order valence-corrected chi connectivity index (χ0v) is 11.2. The third-order valence-corrected chi connectivity index (χ3v) is 4.19. The van der Waals surface area contributed by atoms with E-state index in [0.29, 0.717) is 0 Å². The lowest BCUT2D eigenvalue weighted by Crippen LogP contribution is -2.38. The smallest absolute Gasteiger partial charge is 0.0628 e. The molecule has 0 saturated carbocycles. The number of rotatable bonds is 5. The Morgan fingerprint density at radius 1 is 1.41 bits per heavy atom. The van der Waals surface area contributed by atoms with Gasteiger partial charge in [0.15, 0.2) is 0 Å². The summed E-state index contributed by atoms with van der Waals surface area (Å²) in [6.45, 7) is 2.41. The highest BCUT2D eigenvalue weighted by Crippen LogP contribution is 2.29. The lowest BCUT2D eigenvalue weighted by molar-refractivity contribution is 0.115. The monoisotopic (exact) mass is 251 g/mol. The molecule has 2 nitrogen and oxygen atoms in total. The zero-order valence-electron chi connectivity index (χ0n) is 10.4. The molecule has 94 valence electrons. The van der Waals surface area contributed by atoms with Crippen molar-refractivity contribution in [3.8, 4) is 0 Å². The van der Waals surface area contributed by atoms with Crippen LogP contribution in [0.2, 0.25) is 0 Å². The van der Waals surface area contributed by atoms with E-state index in [9.17, 15) is 5.11 Å². The number of nitrogens with zero attached hydrogens (tertiary/aromatic N) is 1. The maximum atomic E-state index is 9.62. The summed E-state index contributed by atoms with van der Waals surface area (Å²) < 4.78 is 0. The van der Waals surface area contributed by atoms with Crippen LogP contribution in [0.4, 0.5) is 0 Å². The van der Waals surface area contributed by atoms with E-state index in [1.807, 2.05) is 11.8 Å². The third-order valence-electron chi connectivity index (χ3n) is 3.49. The topological polar surface area (TPSA) is 23.5 Å². The summed E-state index contributed by atoms with van der Waals surface area (Å²) in [4.78, 5) is 2.43. The molecule has 0 bridgehead atoms. The fourth-order valence-corrected chi connectivity index (χ4v) is 3.01. The molecule has 0 radical (unpaired) electrons. The van der Waals surface area contributed by atoms with Gasteiger partial charge >= 0.3 is 0 Å². The predicted octanol–water partition coefficient (Wildman–Crippen LogP) is 2.33. The molecule has 17 heavy (non-hydrogen) atoms. The van der Waals surface area contributed by atoms with Gasteiger partial charge in [0.2, 0.25) is 0 Å². The van der Waals surface area contributed by atoms with E-state index in [4.69, 9.17) is 0 Å². The molecule has 1 unspecified atom stereocenters. The summed E-state index contributed by atoms with van der Waals surface area (Å²) in [6, 6.07) is 8.74. The van der Waals surface area contributed by atoms with Gasteiger partial charge in [0.05, 0.1) is 12.6 Å². The average Bonchev–Trinajstić information content (AvgIpc) is 2.38. The highest BCUT2D eigenvalue weighted by atomic mass is 32.2. The Labute approximate surface area is 108 Å². The van der Waals surface area contributed by atoms with Crippen LogP contribution in [0.15, 0.2) is 24.3 Å². The maximum Gasteiger partial charge on any atom is 0.0628 e. The van der Waals surface area contributed by atoms with E-state index >= 15 is 0 Å². The first-order valence-electron chi connectivity index (χ1n) is 6.28. The Morgan fingerprint density at radius 2 is 2.24 bits per heavy atom. The van der Waals surface area contributed by atoms with Crippen molar-refractivity contribution in [3.05, 3.63) is 35.4 Å². The summed E-state index contributed by atoms with van der Waals surface area (Å²) in [5, 5.41) is 9.62. The minimum Gasteiger partial charge on any atom is -0.394 e. The van der Waals surface area contributed by atoms with E-state index in [0.717, 1.165) is 19.5 Å². The molecular weight excluding hydrogens is 230 g/mol. The number of hydrogen-bond acceptors (Lipinski definition) is 3. The second kappa shape index (κ2) is 6.43. The molecule has 1 N–H and O–H groups in total. The normalized spacial score (nSPS) is 20.2. The van der Waals surface area contributed by atoms with Gasteiger partial charge in [0.1, 0.15) is 0 Å². The van der Waals surface area contributed by atoms with Crippen LogP contribution in [0.25, 0.3) is 0 Å². The number of fused-ring (bicyclic) bond motifs is 1. The summed E-state index contributed by atoms with van der Waals surface area (Å²) >= 11 is 1.90. The summed E-state index contributed by atoms with van der Waals surface area (Å²) in [5.41, 5.74) is 2.73. The van der Waals surface area contributed by atoms with Gasteiger partial charge in [0, 0.05) is 6.54 Å². The van der Waals surface area contributed by atoms with Crippen molar-refractivity contribution in [2.24, 2.45) is 0 Å². The van der Waals surface area contributed by atoms with Gasteiger partial charge in [-0.2, -0.15) is 11.8 Å². The Morgan fingerprint density at radius 3 is 3.00 bits per heavy atom. The van der Waals surface area contributed by atoms with Crippen LogP contribution in [0, 0.1) is 0 Å². The fraction of sp³-hybridized carbons (Fsp3) is 0.571. The van der Waals surface area contributed by atoms with Gasteiger partial charge in [-0.3, -0.25) is 4.90 Å². The van der Waals surface area contributed by atoms with Gasteiger partial charge in [-0.25, -0.2) is 0 Å². The third kappa shape index (κ3) is 3.03. The number of thioether (sulfide) groups is 1. The van der Waals surface area contributed by atoms with E-state index in [1.54, 1.807) is 0 Å². The van der Waals surface area contributed by atoms with Crippen LogP contribution in [-0.4, -0.2) is 41.7 Å². The van der Waals surface area contributed by atoms with Gasteiger partial charge in [0.25, 0.3) is 0 Å². The Kier molecular flexibility index (Phi) is 4.89. The second-order valence-electron chi connectivity index (χ2n) is 4.53. The summed E-state index contributed by atoms with van der Waals surface area (Å²) in [7, 11) is 0. The van der Waals surface area contributed by atoms with Crippen molar-refractivity contribution in [3.63, 3.8) is 0 Å². The van der Waals surface area contributed by atoms with E-state index in [2.05, 4.69) is 35.4 Å². The molecule has 3 heteroatoms. The van der Waals surface area contributed by atoms with Crippen LogP contribution in [-0.2, 0) is 6.42 Å². The van der Waals surface area contributed by atoms with E-state index in [-0.39, 0.29) is 12.6 Å². The average molecular weight is 251 g/mol. The van der Waals surface area contributed by atoms with E-state index in [1.165, 1.54) is 23.3 Å². The Balaban J connectivity index is 2.06. The van der Waals surface area contributed by atoms with E-state index < -0.39 is 0 Å². The van der Waals surface area contributed by atoms with Gasteiger partial charge in [-0.1, -0.05) is 24.3 Å². The molecule has 1 aromatic carbocycles. The lowest BCUT2D eigenvalue weighted by Gasteiger charge is -2.36. The molecule has 0 fully saturated rings. The first-order valence-corrected chi connectivity index (χ1v) is 7.68. The summed E-state index contributed by atoms with van der Waals surface area (Å²) in [5.74, 6) is 1.20. The molecule has 1 atom stereocenters. The quantitative estimate of drug-likeness (QED) is 0.813. The minimum absolute atomic E-state index is 0.210. The number of benzene rings is 1. The van der Waals surface area contributed by atoms with Gasteiger partial charge in [-0.05, 0) is 42.5 Å². The van der Waals surface area contributed by atoms with Gasteiger partial charge < -0.3 is 5.11 Å². The SMILES string of the molecule is CSCCCN1CCc2ccccc2C1CO. The molecule has 0 spiro atoms. The Bertz CT molecular complexity index is 356. The van der Waals surface area contributed by atoms with Crippen LogP contribution in [0.5, 0.6) is 0 Å². The predicted molar refractivity (Wildman–Crippen MR) is 74.5 cm³/mol. The number of hydrogen-bond donors (Lipinski definition) is 1. The minimum atomic E-state index is 0.210. The highest BCUT2D eigenvalue weighted by molar-refractivity contribution is 7.98. The standard InChI is InChI=1S/C14H21NOS/c1-17-10-4-8-15-9-7-12-5-2-3-6-13(12)14(15)11-16/h2-3,5-6,14,16H,4,7-11H2,1H3. The van der Waals surface area contributed by atoms with Crippen molar-refractivity contribution >= 4 is 11.8 Å². The largest absolute Gasteiger partial charge is 0.394 e. The molecule has 2 rings (SSSR count). The molecule has 0 saturated heterocycles. The highest BCUT2D eigenvalue weighted by Gasteiger charge is 2.25. The molecule has 0 aromatic heterocycles. The molecular formula is C14H21NOS. The molecule has 1 aliphatic heterocycles. The zero-order chi connectivity index (χ0) is 12.1. The van der Waals surface area contributed by atoms with Crippen molar-refractivity contribution in [1.82, 2.24) is 4.90 Å². The van der Waals surface area contributed by atoms with Gasteiger partial charge in [-0.15, -0.1) is 0 Å². The first kappa shape index (κ1) is 12.9. The van der Waals surface area contributed by atoms with Crippen molar-refractivity contribution in [2.45, 2.75) is 18.9 Å². The Hall–Kier alpha value is -0.510. The number of aliphatic hydroxyl groups is 1. The fourth-order valence-electron chi connectivity index (χ4n) is 2.60. The molecule has 1 heterocycles.